The Balaban J connectivity index is 2.36. The molecular weight excluding hydrogens is 218 g/mol. The number of aryl methyl sites for hydroxylation is 2. The second-order valence-electron chi connectivity index (χ2n) is 4.73. The predicted octanol–water partition coefficient (Wildman–Crippen LogP) is 4.38. The average Bonchev–Trinajstić information content (AvgIpc) is 3.06. The Morgan fingerprint density at radius 2 is 1.88 bits per heavy atom. The molecule has 1 aliphatic carbocycles. The first-order chi connectivity index (χ1) is 7.66. The van der Waals surface area contributed by atoms with Crippen LogP contribution in [0.5, 0.6) is 0 Å². The van der Waals surface area contributed by atoms with Crippen molar-refractivity contribution < 1.29 is 0 Å². The summed E-state index contributed by atoms with van der Waals surface area (Å²) in [6, 6.07) is 6.29. The molecule has 0 atom stereocenters. The number of fused-ring (bicyclic) bond motifs is 1. The number of pyridine rings is 1. The van der Waals surface area contributed by atoms with Gasteiger partial charge in [0.1, 0.15) is 0 Å². The number of hydrogen-bond acceptors (Lipinski definition) is 1. The van der Waals surface area contributed by atoms with E-state index in [1.807, 2.05) is 6.07 Å². The second kappa shape index (κ2) is 3.46. The normalized spacial score (nSPS) is 15.7. The van der Waals surface area contributed by atoms with Gasteiger partial charge in [0, 0.05) is 17.0 Å². The number of hydrogen-bond donors (Lipinski definition) is 0. The summed E-state index contributed by atoms with van der Waals surface area (Å²) in [6.07, 6.45) is 2.53. The molecule has 2 heteroatoms. The van der Waals surface area contributed by atoms with E-state index in [1.54, 1.807) is 0 Å². The van der Waals surface area contributed by atoms with Gasteiger partial charge in [0.25, 0.3) is 0 Å². The quantitative estimate of drug-likeness (QED) is 0.710. The monoisotopic (exact) mass is 231 g/mol. The lowest BCUT2D eigenvalue weighted by Gasteiger charge is -2.09. The molecule has 0 aliphatic heterocycles. The molecule has 1 nitrogen and oxygen atoms in total. The summed E-state index contributed by atoms with van der Waals surface area (Å²) in [6.45, 7) is 4.19. The minimum Gasteiger partial charge on any atom is -0.252 e. The number of rotatable bonds is 1. The number of benzene rings is 1. The maximum Gasteiger partial charge on any atom is 0.0752 e. The van der Waals surface area contributed by atoms with Gasteiger partial charge in [0.2, 0.25) is 0 Å². The van der Waals surface area contributed by atoms with Crippen molar-refractivity contribution in [1.29, 1.82) is 0 Å². The molecule has 1 aromatic carbocycles. The highest BCUT2D eigenvalue weighted by molar-refractivity contribution is 6.35. The van der Waals surface area contributed by atoms with Gasteiger partial charge in [-0.2, -0.15) is 0 Å². The molecule has 2 aromatic rings. The molecule has 82 valence electrons. The van der Waals surface area contributed by atoms with E-state index in [1.165, 1.54) is 29.7 Å². The fourth-order valence-electron chi connectivity index (χ4n) is 2.19. The summed E-state index contributed by atoms with van der Waals surface area (Å²) in [5.41, 5.74) is 4.67. The maximum atomic E-state index is 6.37. The van der Waals surface area contributed by atoms with Crippen molar-refractivity contribution in [2.75, 3.05) is 0 Å². The minimum atomic E-state index is 0.654. The van der Waals surface area contributed by atoms with E-state index >= 15 is 0 Å². The Hall–Kier alpha value is -1.08. The lowest BCUT2D eigenvalue weighted by Crippen LogP contribution is -1.93. The molecule has 1 aromatic heterocycles. The molecule has 1 fully saturated rings. The van der Waals surface area contributed by atoms with Crippen LogP contribution >= 0.6 is 11.6 Å². The van der Waals surface area contributed by atoms with Gasteiger partial charge >= 0.3 is 0 Å². The van der Waals surface area contributed by atoms with E-state index < -0.39 is 0 Å². The van der Waals surface area contributed by atoms with Crippen LogP contribution in [0.25, 0.3) is 10.9 Å². The highest BCUT2D eigenvalue weighted by atomic mass is 35.5. The topological polar surface area (TPSA) is 12.9 Å². The SMILES string of the molecule is Cc1ccc(C)c2c(Cl)cc(C3CC3)nc12. The average molecular weight is 232 g/mol. The van der Waals surface area contributed by atoms with Crippen LogP contribution in [0, 0.1) is 13.8 Å². The van der Waals surface area contributed by atoms with Gasteiger partial charge in [-0.25, -0.2) is 0 Å². The summed E-state index contributed by atoms with van der Waals surface area (Å²) in [7, 11) is 0. The van der Waals surface area contributed by atoms with Crippen molar-refractivity contribution in [3.05, 3.63) is 40.0 Å². The van der Waals surface area contributed by atoms with E-state index in [4.69, 9.17) is 16.6 Å². The van der Waals surface area contributed by atoms with Crippen LogP contribution in [0.15, 0.2) is 18.2 Å². The lowest BCUT2D eigenvalue weighted by atomic mass is 10.0. The van der Waals surface area contributed by atoms with Gasteiger partial charge < -0.3 is 0 Å². The van der Waals surface area contributed by atoms with Crippen LogP contribution in [-0.4, -0.2) is 4.98 Å². The van der Waals surface area contributed by atoms with Crippen molar-refractivity contribution in [3.63, 3.8) is 0 Å². The highest BCUT2D eigenvalue weighted by Gasteiger charge is 2.26. The fraction of sp³-hybridized carbons (Fsp3) is 0.357. The van der Waals surface area contributed by atoms with Crippen molar-refractivity contribution in [3.8, 4) is 0 Å². The summed E-state index contributed by atoms with van der Waals surface area (Å²) in [4.78, 5) is 4.77. The first-order valence-electron chi connectivity index (χ1n) is 5.73. The van der Waals surface area contributed by atoms with Gasteiger partial charge in [-0.3, -0.25) is 4.98 Å². The predicted molar refractivity (Wildman–Crippen MR) is 68.2 cm³/mol. The maximum absolute atomic E-state index is 6.37. The fourth-order valence-corrected chi connectivity index (χ4v) is 2.54. The zero-order valence-electron chi connectivity index (χ0n) is 9.55. The Kier molecular flexibility index (Phi) is 2.18. The Bertz CT molecular complexity index is 570. The van der Waals surface area contributed by atoms with E-state index in [0.29, 0.717) is 5.92 Å². The van der Waals surface area contributed by atoms with Crippen LogP contribution in [0.2, 0.25) is 5.02 Å². The van der Waals surface area contributed by atoms with Crippen molar-refractivity contribution in [2.45, 2.75) is 32.6 Å². The van der Waals surface area contributed by atoms with E-state index in [2.05, 4.69) is 26.0 Å². The zero-order chi connectivity index (χ0) is 11.3. The molecule has 3 rings (SSSR count). The van der Waals surface area contributed by atoms with Crippen molar-refractivity contribution in [1.82, 2.24) is 4.98 Å². The Labute approximate surface area is 100 Å². The van der Waals surface area contributed by atoms with E-state index in [0.717, 1.165) is 15.9 Å². The Morgan fingerprint density at radius 1 is 1.19 bits per heavy atom. The van der Waals surface area contributed by atoms with Crippen LogP contribution in [0.4, 0.5) is 0 Å². The third kappa shape index (κ3) is 1.51. The summed E-state index contributed by atoms with van der Waals surface area (Å²) < 4.78 is 0. The summed E-state index contributed by atoms with van der Waals surface area (Å²) >= 11 is 6.37. The van der Waals surface area contributed by atoms with Gasteiger partial charge in [-0.15, -0.1) is 0 Å². The van der Waals surface area contributed by atoms with Crippen molar-refractivity contribution >= 4 is 22.5 Å². The molecule has 0 radical (unpaired) electrons. The van der Waals surface area contributed by atoms with Crippen LogP contribution in [0.3, 0.4) is 0 Å². The first kappa shape index (κ1) is 10.1. The molecule has 0 amide bonds. The number of nitrogens with zero attached hydrogens (tertiary/aromatic N) is 1. The standard InChI is InChI=1S/C14H14ClN/c1-8-3-4-9(2)14-13(8)11(15)7-12(16-14)10-5-6-10/h3-4,7,10H,5-6H2,1-2H3. The van der Waals surface area contributed by atoms with E-state index in [9.17, 15) is 0 Å². The van der Waals surface area contributed by atoms with Crippen LogP contribution in [0.1, 0.15) is 35.6 Å². The molecule has 0 bridgehead atoms. The molecule has 0 N–H and O–H groups in total. The van der Waals surface area contributed by atoms with Gasteiger partial charge in [-0.1, -0.05) is 23.7 Å². The Morgan fingerprint density at radius 3 is 2.56 bits per heavy atom. The molecule has 0 unspecified atom stereocenters. The van der Waals surface area contributed by atoms with Gasteiger partial charge in [-0.05, 0) is 43.9 Å². The highest BCUT2D eigenvalue weighted by Crippen LogP contribution is 2.41. The third-order valence-corrected chi connectivity index (χ3v) is 3.64. The second-order valence-corrected chi connectivity index (χ2v) is 5.13. The van der Waals surface area contributed by atoms with Crippen LogP contribution in [-0.2, 0) is 0 Å². The van der Waals surface area contributed by atoms with Crippen LogP contribution < -0.4 is 0 Å². The smallest absolute Gasteiger partial charge is 0.0752 e. The zero-order valence-corrected chi connectivity index (χ0v) is 10.3. The molecule has 1 heterocycles. The van der Waals surface area contributed by atoms with Gasteiger partial charge in [0.15, 0.2) is 0 Å². The van der Waals surface area contributed by atoms with E-state index in [-0.39, 0.29) is 0 Å². The summed E-state index contributed by atoms with van der Waals surface area (Å²) in [5.74, 6) is 0.654. The summed E-state index contributed by atoms with van der Waals surface area (Å²) in [5, 5.41) is 1.97. The first-order valence-corrected chi connectivity index (χ1v) is 6.11. The third-order valence-electron chi connectivity index (χ3n) is 3.34. The molecule has 1 saturated carbocycles. The molecule has 0 saturated heterocycles. The van der Waals surface area contributed by atoms with Gasteiger partial charge in [0.05, 0.1) is 10.5 Å². The van der Waals surface area contributed by atoms with Crippen molar-refractivity contribution in [2.24, 2.45) is 0 Å². The minimum absolute atomic E-state index is 0.654. The largest absolute Gasteiger partial charge is 0.252 e. The molecular formula is C14H14ClN. The molecule has 0 spiro atoms. The molecule has 16 heavy (non-hydrogen) atoms. The number of halogens is 1. The molecule has 1 aliphatic rings. The lowest BCUT2D eigenvalue weighted by molar-refractivity contribution is 1.04. The number of aromatic nitrogens is 1.